The maximum Gasteiger partial charge on any atom is 0.303 e. The summed E-state index contributed by atoms with van der Waals surface area (Å²) in [6.45, 7) is 7.16. The Morgan fingerprint density at radius 2 is 0.972 bits per heavy atom. The van der Waals surface area contributed by atoms with Gasteiger partial charge >= 0.3 is 5.97 Å². The van der Waals surface area contributed by atoms with Gasteiger partial charge in [0.1, 0.15) is 6.10 Å². The van der Waals surface area contributed by atoms with Crippen molar-refractivity contribution < 1.29 is 40.5 Å². The Morgan fingerprint density at radius 1 is 0.611 bits per heavy atom. The van der Waals surface area contributed by atoms with Crippen LogP contribution >= 0.6 is 0 Å². The molecule has 1 unspecified atom stereocenters. The largest absolute Gasteiger partial charge is 1.00 e. The van der Waals surface area contributed by atoms with E-state index < -0.39 is 0 Å². The van der Waals surface area contributed by atoms with Crippen LogP contribution in [0.4, 0.5) is 0 Å². The number of unbranched alkanes of at least 4 members (excludes halogenated alkanes) is 16. The van der Waals surface area contributed by atoms with Gasteiger partial charge in [-0.15, -0.1) is 0 Å². The minimum atomic E-state index is -0.299. The molecule has 0 heterocycles. The molecule has 0 spiro atoms. The van der Waals surface area contributed by atoms with E-state index in [2.05, 4.69) is 28.1 Å². The van der Waals surface area contributed by atoms with E-state index in [0.717, 1.165) is 36.9 Å². The van der Waals surface area contributed by atoms with Gasteiger partial charge in [0.05, 0.1) is 40.9 Å². The molecule has 0 aliphatic heterocycles. The Balaban J connectivity index is 0. The molecule has 0 aromatic rings. The van der Waals surface area contributed by atoms with Crippen LogP contribution in [-0.4, -0.2) is 70.7 Å². The van der Waals surface area contributed by atoms with Gasteiger partial charge in [-0.2, -0.15) is 0 Å². The Labute approximate surface area is 235 Å². The molecule has 0 bridgehead atoms. The van der Waals surface area contributed by atoms with E-state index in [4.69, 9.17) is 14.2 Å². The summed E-state index contributed by atoms with van der Waals surface area (Å²) in [6.07, 6.45) is 23.8. The lowest BCUT2D eigenvalue weighted by atomic mass is 10.0. The quantitative estimate of drug-likeness (QED) is 0.0803. The van der Waals surface area contributed by atoms with Crippen molar-refractivity contribution in [1.29, 1.82) is 0 Å². The van der Waals surface area contributed by atoms with Gasteiger partial charge in [0.15, 0.2) is 0 Å². The van der Waals surface area contributed by atoms with Gasteiger partial charge in [-0.25, -0.2) is 0 Å². The number of carbonyl (C=O) groups excluding carboxylic acids is 1. The maximum atomic E-state index is 11.4. The summed E-state index contributed by atoms with van der Waals surface area (Å²) in [5.41, 5.74) is 0. The molecule has 0 aromatic heterocycles. The fraction of sp³-hybridized carbons (Fsp3) is 0.967. The normalized spacial score (nSPS) is 12.4. The van der Waals surface area contributed by atoms with Gasteiger partial charge < -0.3 is 35.7 Å². The summed E-state index contributed by atoms with van der Waals surface area (Å²) >= 11 is 0. The first-order valence-corrected chi connectivity index (χ1v) is 15.0. The van der Waals surface area contributed by atoms with E-state index in [1.807, 2.05) is 0 Å². The highest BCUT2D eigenvalue weighted by atomic mass is 79.9. The van der Waals surface area contributed by atoms with Crippen LogP contribution in [0.25, 0.3) is 0 Å². The smallest absolute Gasteiger partial charge is 0.303 e. The van der Waals surface area contributed by atoms with Crippen LogP contribution in [-0.2, 0) is 19.0 Å². The zero-order valence-electron chi connectivity index (χ0n) is 24.8. The molecular formula is C30H62BrNO4. The molecule has 1 atom stereocenters. The molecule has 0 amide bonds. The summed E-state index contributed by atoms with van der Waals surface area (Å²) in [6, 6.07) is 0. The van der Waals surface area contributed by atoms with E-state index in [0.29, 0.717) is 19.8 Å². The number of hydrogen-bond donors (Lipinski definition) is 0. The predicted octanol–water partition coefficient (Wildman–Crippen LogP) is 4.70. The van der Waals surface area contributed by atoms with Crippen molar-refractivity contribution in [3.63, 3.8) is 0 Å². The number of carbonyl (C=O) groups is 1. The van der Waals surface area contributed by atoms with E-state index in [1.54, 1.807) is 0 Å². The topological polar surface area (TPSA) is 44.8 Å². The van der Waals surface area contributed by atoms with Gasteiger partial charge in [0.2, 0.25) is 0 Å². The van der Waals surface area contributed by atoms with Crippen molar-refractivity contribution >= 4 is 5.97 Å². The van der Waals surface area contributed by atoms with Crippen molar-refractivity contribution in [2.24, 2.45) is 0 Å². The standard InChI is InChI=1S/C30H62NO4.BrH/c1-6-7-8-9-10-11-12-13-14-15-16-17-18-19-20-22-25-33-27-30(35-29(2)32)28-34-26-23-21-24-31(3,4)5;/h30H,6-28H2,1-5H3;1H/q+1;/p-1. The fourth-order valence-corrected chi connectivity index (χ4v) is 4.32. The van der Waals surface area contributed by atoms with Gasteiger partial charge in [0, 0.05) is 20.1 Å². The maximum absolute atomic E-state index is 11.4. The second-order valence-electron chi connectivity index (χ2n) is 11.4. The van der Waals surface area contributed by atoms with Crippen LogP contribution in [0.2, 0.25) is 0 Å². The fourth-order valence-electron chi connectivity index (χ4n) is 4.32. The summed E-state index contributed by atoms with van der Waals surface area (Å²) in [7, 11) is 6.61. The highest BCUT2D eigenvalue weighted by Crippen LogP contribution is 2.13. The van der Waals surface area contributed by atoms with Crippen molar-refractivity contribution in [3.05, 3.63) is 0 Å². The zero-order chi connectivity index (χ0) is 26.0. The molecule has 0 radical (unpaired) electrons. The lowest BCUT2D eigenvalue weighted by molar-refractivity contribution is -0.870. The van der Waals surface area contributed by atoms with Crippen molar-refractivity contribution in [2.45, 2.75) is 136 Å². The zero-order valence-corrected chi connectivity index (χ0v) is 26.4. The van der Waals surface area contributed by atoms with Crippen LogP contribution < -0.4 is 17.0 Å². The Bertz CT molecular complexity index is 457. The van der Waals surface area contributed by atoms with Crippen LogP contribution in [0, 0.1) is 0 Å². The second-order valence-corrected chi connectivity index (χ2v) is 11.4. The third kappa shape index (κ3) is 31.9. The molecule has 6 heteroatoms. The highest BCUT2D eigenvalue weighted by Gasteiger charge is 2.13. The van der Waals surface area contributed by atoms with Gasteiger partial charge in [-0.3, -0.25) is 4.79 Å². The molecular weight excluding hydrogens is 518 g/mol. The van der Waals surface area contributed by atoms with E-state index in [-0.39, 0.29) is 29.1 Å². The number of ether oxygens (including phenoxy) is 3. The first-order chi connectivity index (χ1) is 16.8. The molecule has 0 N–H and O–H groups in total. The Kier molecular flexibility index (Phi) is 29.4. The minimum Gasteiger partial charge on any atom is -1.00 e. The predicted molar refractivity (Wildman–Crippen MR) is 149 cm³/mol. The van der Waals surface area contributed by atoms with Crippen LogP contribution in [0.15, 0.2) is 0 Å². The SMILES string of the molecule is CCCCCCCCCCCCCCCCCCOCC(COCCCC[N+](C)(C)C)OC(C)=O.[Br-]. The lowest BCUT2D eigenvalue weighted by Gasteiger charge is -2.23. The van der Waals surface area contributed by atoms with E-state index in [1.165, 1.54) is 103 Å². The number of nitrogens with zero attached hydrogens (tertiary/aromatic N) is 1. The van der Waals surface area contributed by atoms with Gasteiger partial charge in [-0.1, -0.05) is 103 Å². The average Bonchev–Trinajstić information content (AvgIpc) is 2.79. The molecule has 5 nitrogen and oxygen atoms in total. The Morgan fingerprint density at radius 3 is 1.33 bits per heavy atom. The van der Waals surface area contributed by atoms with E-state index >= 15 is 0 Å². The van der Waals surface area contributed by atoms with Crippen LogP contribution in [0.5, 0.6) is 0 Å². The van der Waals surface area contributed by atoms with Crippen LogP contribution in [0.3, 0.4) is 0 Å². The van der Waals surface area contributed by atoms with Crippen molar-refractivity contribution in [1.82, 2.24) is 0 Å². The number of halogens is 1. The number of rotatable bonds is 27. The second kappa shape index (κ2) is 27.9. The summed E-state index contributed by atoms with van der Waals surface area (Å²) < 4.78 is 17.8. The minimum absolute atomic E-state index is 0. The molecule has 0 aliphatic rings. The molecule has 0 saturated carbocycles. The van der Waals surface area contributed by atoms with E-state index in [9.17, 15) is 4.79 Å². The molecule has 0 saturated heterocycles. The van der Waals surface area contributed by atoms with Gasteiger partial charge in [-0.05, 0) is 19.3 Å². The van der Waals surface area contributed by atoms with Gasteiger partial charge in [0.25, 0.3) is 0 Å². The highest BCUT2D eigenvalue weighted by molar-refractivity contribution is 5.66. The molecule has 36 heavy (non-hydrogen) atoms. The Hall–Kier alpha value is -0.170. The first-order valence-electron chi connectivity index (χ1n) is 15.0. The monoisotopic (exact) mass is 579 g/mol. The third-order valence-corrected chi connectivity index (χ3v) is 6.45. The molecule has 0 rings (SSSR count). The molecule has 0 fully saturated rings. The third-order valence-electron chi connectivity index (χ3n) is 6.45. The van der Waals surface area contributed by atoms with Crippen LogP contribution in [0.1, 0.15) is 129 Å². The van der Waals surface area contributed by atoms with Crippen molar-refractivity contribution in [3.8, 4) is 0 Å². The van der Waals surface area contributed by atoms with Crippen molar-refractivity contribution in [2.75, 3.05) is 54.1 Å². The number of esters is 1. The summed E-state index contributed by atoms with van der Waals surface area (Å²) in [4.78, 5) is 11.4. The molecule has 0 aromatic carbocycles. The lowest BCUT2D eigenvalue weighted by Crippen LogP contribution is -3.00. The molecule has 0 aliphatic carbocycles. The number of quaternary nitrogens is 1. The molecule has 218 valence electrons. The first kappa shape index (κ1) is 38.0. The average molecular weight is 581 g/mol. The summed E-state index contributed by atoms with van der Waals surface area (Å²) in [5, 5.41) is 0. The summed E-state index contributed by atoms with van der Waals surface area (Å²) in [5.74, 6) is -0.269. The number of hydrogen-bond acceptors (Lipinski definition) is 4.